The summed E-state index contributed by atoms with van der Waals surface area (Å²) in [5.41, 5.74) is -0.174. The average molecular weight is 357 g/mol. The third-order valence-corrected chi connectivity index (χ3v) is 5.59. The maximum Gasteiger partial charge on any atom is 0.342 e. The van der Waals surface area contributed by atoms with Crippen LogP contribution in [0.15, 0.2) is 18.2 Å². The van der Waals surface area contributed by atoms with Crippen molar-refractivity contribution in [3.05, 3.63) is 23.8 Å². The number of carbonyl (C=O) groups excluding carboxylic acids is 2. The number of likely N-dealkylation sites (N-methyl/N-ethyl adjacent to an activating group) is 1. The van der Waals surface area contributed by atoms with Gasteiger partial charge in [-0.1, -0.05) is 0 Å². The van der Waals surface area contributed by atoms with Crippen LogP contribution in [0.4, 0.5) is 0 Å². The molecule has 1 aromatic carbocycles. The molecule has 0 saturated carbocycles. The van der Waals surface area contributed by atoms with Crippen molar-refractivity contribution in [3.8, 4) is 11.5 Å². The molecule has 1 aromatic rings. The molecule has 1 saturated heterocycles. The topological polar surface area (TPSA) is 121 Å². The lowest BCUT2D eigenvalue weighted by Gasteiger charge is -2.26. The van der Waals surface area contributed by atoms with E-state index in [0.717, 1.165) is 6.07 Å². The van der Waals surface area contributed by atoms with E-state index in [9.17, 15) is 28.2 Å². The highest BCUT2D eigenvalue weighted by molar-refractivity contribution is 7.91. The molecule has 9 heteroatoms. The molecule has 1 unspecified atom stereocenters. The molecule has 0 radical (unpaired) electrons. The van der Waals surface area contributed by atoms with Gasteiger partial charge in [-0.2, -0.15) is 0 Å². The molecule has 1 aliphatic rings. The number of carbonyl (C=O) groups is 2. The summed E-state index contributed by atoms with van der Waals surface area (Å²) in [6, 6.07) is 2.96. The van der Waals surface area contributed by atoms with Crippen LogP contribution in [0, 0.1) is 0 Å². The second kappa shape index (κ2) is 7.08. The van der Waals surface area contributed by atoms with E-state index in [1.807, 2.05) is 0 Å². The zero-order chi connectivity index (χ0) is 17.9. The maximum atomic E-state index is 12.2. The predicted octanol–water partition coefficient (Wildman–Crippen LogP) is 0.290. The van der Waals surface area contributed by atoms with Gasteiger partial charge in [-0.05, 0) is 25.5 Å². The number of phenols is 2. The van der Waals surface area contributed by atoms with Gasteiger partial charge < -0.3 is 19.8 Å². The number of hydrogen-bond donors (Lipinski definition) is 2. The highest BCUT2D eigenvalue weighted by Crippen LogP contribution is 2.23. The number of amides is 1. The number of ether oxygens (including phenoxy) is 1. The Balaban J connectivity index is 1.97. The van der Waals surface area contributed by atoms with Crippen molar-refractivity contribution in [1.82, 2.24) is 4.90 Å². The first-order valence-corrected chi connectivity index (χ1v) is 9.24. The summed E-state index contributed by atoms with van der Waals surface area (Å²) < 4.78 is 27.9. The molecule has 24 heavy (non-hydrogen) atoms. The highest BCUT2D eigenvalue weighted by atomic mass is 32.2. The van der Waals surface area contributed by atoms with Gasteiger partial charge in [-0.3, -0.25) is 4.79 Å². The van der Waals surface area contributed by atoms with Crippen molar-refractivity contribution in [2.45, 2.75) is 19.4 Å². The Bertz CT molecular complexity index is 744. The van der Waals surface area contributed by atoms with Gasteiger partial charge in [-0.25, -0.2) is 13.2 Å². The zero-order valence-electron chi connectivity index (χ0n) is 13.1. The number of benzene rings is 1. The number of nitrogens with zero attached hydrogens (tertiary/aromatic N) is 1. The van der Waals surface area contributed by atoms with Crippen molar-refractivity contribution in [2.24, 2.45) is 0 Å². The summed E-state index contributed by atoms with van der Waals surface area (Å²) in [6.45, 7) is 1.47. The van der Waals surface area contributed by atoms with Crippen LogP contribution in [0.5, 0.6) is 11.5 Å². The lowest BCUT2D eigenvalue weighted by molar-refractivity contribution is -0.136. The molecule has 2 N–H and O–H groups in total. The van der Waals surface area contributed by atoms with Gasteiger partial charge in [-0.15, -0.1) is 0 Å². The lowest BCUT2D eigenvalue weighted by atomic mass is 10.2. The third-order valence-electron chi connectivity index (χ3n) is 3.84. The van der Waals surface area contributed by atoms with Crippen LogP contribution in [0.1, 0.15) is 23.7 Å². The fourth-order valence-corrected chi connectivity index (χ4v) is 4.37. The smallest absolute Gasteiger partial charge is 0.342 e. The SMILES string of the molecule is CCN(C(=O)COC(=O)c1ccc(O)cc1O)C1CCS(=O)(=O)C1. The van der Waals surface area contributed by atoms with Crippen LogP contribution >= 0.6 is 0 Å². The molecular formula is C15H19NO7S. The molecule has 1 aliphatic heterocycles. The van der Waals surface area contributed by atoms with E-state index in [1.165, 1.54) is 17.0 Å². The minimum atomic E-state index is -3.13. The van der Waals surface area contributed by atoms with E-state index < -0.39 is 40.1 Å². The fraction of sp³-hybridized carbons (Fsp3) is 0.467. The Morgan fingerprint density at radius 1 is 1.33 bits per heavy atom. The van der Waals surface area contributed by atoms with Crippen LogP contribution in [0.2, 0.25) is 0 Å². The lowest BCUT2D eigenvalue weighted by Crippen LogP contribution is -2.43. The molecule has 0 bridgehead atoms. The molecule has 0 spiro atoms. The maximum absolute atomic E-state index is 12.2. The van der Waals surface area contributed by atoms with Gasteiger partial charge >= 0.3 is 5.97 Å². The molecule has 1 fully saturated rings. The molecular weight excluding hydrogens is 338 g/mol. The van der Waals surface area contributed by atoms with Gasteiger partial charge in [0.1, 0.15) is 17.1 Å². The molecule has 1 amide bonds. The van der Waals surface area contributed by atoms with Gasteiger partial charge in [0.15, 0.2) is 16.4 Å². The van der Waals surface area contributed by atoms with Crippen LogP contribution in [-0.2, 0) is 19.4 Å². The Hall–Kier alpha value is -2.29. The average Bonchev–Trinajstić information content (AvgIpc) is 2.85. The zero-order valence-corrected chi connectivity index (χ0v) is 14.0. The molecule has 8 nitrogen and oxygen atoms in total. The number of rotatable bonds is 5. The van der Waals surface area contributed by atoms with Crippen molar-refractivity contribution in [1.29, 1.82) is 0 Å². The quantitative estimate of drug-likeness (QED) is 0.726. The Labute approximate surface area is 139 Å². The number of phenolic OH excluding ortho intramolecular Hbond substituents is 2. The Morgan fingerprint density at radius 3 is 2.58 bits per heavy atom. The first kappa shape index (κ1) is 18.1. The summed E-state index contributed by atoms with van der Waals surface area (Å²) in [4.78, 5) is 25.5. The molecule has 1 heterocycles. The number of aromatic hydroxyl groups is 2. The Morgan fingerprint density at radius 2 is 2.04 bits per heavy atom. The monoisotopic (exact) mass is 357 g/mol. The van der Waals surface area contributed by atoms with Gasteiger partial charge in [0.2, 0.25) is 0 Å². The molecule has 132 valence electrons. The van der Waals surface area contributed by atoms with Gasteiger partial charge in [0.05, 0.1) is 11.5 Å². The van der Waals surface area contributed by atoms with Crippen LogP contribution in [-0.4, -0.2) is 66.1 Å². The van der Waals surface area contributed by atoms with Crippen molar-refractivity contribution < 1.29 is 33.0 Å². The van der Waals surface area contributed by atoms with Gasteiger partial charge in [0, 0.05) is 18.7 Å². The second-order valence-corrected chi connectivity index (χ2v) is 7.74. The molecule has 1 atom stereocenters. The fourth-order valence-electron chi connectivity index (χ4n) is 2.64. The third kappa shape index (κ3) is 4.16. The van der Waals surface area contributed by atoms with E-state index in [0.29, 0.717) is 13.0 Å². The number of hydrogen-bond acceptors (Lipinski definition) is 7. The summed E-state index contributed by atoms with van der Waals surface area (Å²) in [5, 5.41) is 18.8. The van der Waals surface area contributed by atoms with Crippen molar-refractivity contribution in [3.63, 3.8) is 0 Å². The van der Waals surface area contributed by atoms with Crippen molar-refractivity contribution in [2.75, 3.05) is 24.7 Å². The first-order valence-electron chi connectivity index (χ1n) is 7.42. The van der Waals surface area contributed by atoms with Crippen LogP contribution in [0.25, 0.3) is 0 Å². The number of sulfone groups is 1. The van der Waals surface area contributed by atoms with Crippen molar-refractivity contribution >= 4 is 21.7 Å². The summed E-state index contributed by atoms with van der Waals surface area (Å²) in [7, 11) is -3.13. The van der Waals surface area contributed by atoms with Crippen LogP contribution in [0.3, 0.4) is 0 Å². The molecule has 2 rings (SSSR count). The predicted molar refractivity (Wildman–Crippen MR) is 84.5 cm³/mol. The Kier molecular flexibility index (Phi) is 5.33. The van der Waals surface area contributed by atoms with E-state index in [-0.39, 0.29) is 22.8 Å². The standard InChI is InChI=1S/C15H19NO7S/c1-2-16(10-5-6-24(21,22)9-10)14(19)8-23-15(20)12-4-3-11(17)7-13(12)18/h3-4,7,10,17-18H,2,5-6,8-9H2,1H3. The molecule has 0 aromatic heterocycles. The minimum absolute atomic E-state index is 0.0443. The van der Waals surface area contributed by atoms with Gasteiger partial charge in [0.25, 0.3) is 5.91 Å². The van der Waals surface area contributed by atoms with E-state index in [4.69, 9.17) is 4.74 Å². The van der Waals surface area contributed by atoms with E-state index in [2.05, 4.69) is 0 Å². The van der Waals surface area contributed by atoms with Crippen LogP contribution < -0.4 is 0 Å². The summed E-state index contributed by atoms with van der Waals surface area (Å²) >= 11 is 0. The van der Waals surface area contributed by atoms with E-state index >= 15 is 0 Å². The van der Waals surface area contributed by atoms with E-state index in [1.54, 1.807) is 6.92 Å². The highest BCUT2D eigenvalue weighted by Gasteiger charge is 2.34. The summed E-state index contributed by atoms with van der Waals surface area (Å²) in [5.74, 6) is -2.11. The first-order chi connectivity index (χ1) is 11.2. The second-order valence-electron chi connectivity index (χ2n) is 5.51. The minimum Gasteiger partial charge on any atom is -0.508 e. The molecule has 0 aliphatic carbocycles. The normalized spacial score (nSPS) is 19.0. The summed E-state index contributed by atoms with van der Waals surface area (Å²) in [6.07, 6.45) is 0.370. The number of esters is 1. The largest absolute Gasteiger partial charge is 0.508 e.